The summed E-state index contributed by atoms with van der Waals surface area (Å²) in [7, 11) is 2.26. The predicted octanol–water partition coefficient (Wildman–Crippen LogP) is 3.56. The van der Waals surface area contributed by atoms with E-state index in [0.717, 1.165) is 26.4 Å². The highest BCUT2D eigenvalue weighted by Gasteiger charge is 2.51. The van der Waals surface area contributed by atoms with Gasteiger partial charge in [-0.2, -0.15) is 13.2 Å². The van der Waals surface area contributed by atoms with Crippen molar-refractivity contribution in [2.75, 3.05) is 14.2 Å². The van der Waals surface area contributed by atoms with Gasteiger partial charge in [-0.25, -0.2) is 0 Å². The van der Waals surface area contributed by atoms with E-state index in [4.69, 9.17) is 16.3 Å². The second-order valence-corrected chi connectivity index (χ2v) is 7.03. The van der Waals surface area contributed by atoms with Crippen LogP contribution in [0.2, 0.25) is 5.02 Å². The van der Waals surface area contributed by atoms with Crippen molar-refractivity contribution in [2.45, 2.75) is 31.4 Å². The molecule has 0 saturated heterocycles. The minimum Gasteiger partial charge on any atom is -0.469 e. The number of hydrogen-bond donors (Lipinski definition) is 0. The van der Waals surface area contributed by atoms with E-state index < -0.39 is 51.7 Å². The van der Waals surface area contributed by atoms with Gasteiger partial charge in [-0.3, -0.25) is 14.4 Å². The summed E-state index contributed by atoms with van der Waals surface area (Å²) in [5.41, 5.74) is -2.59. The predicted molar refractivity (Wildman–Crippen MR) is 89.1 cm³/mol. The molecule has 27 heavy (non-hydrogen) atoms. The van der Waals surface area contributed by atoms with Crippen LogP contribution in [0.25, 0.3) is 0 Å². The molecule has 0 bridgehead atoms. The highest BCUT2D eigenvalue weighted by Crippen LogP contribution is 2.45. The zero-order chi connectivity index (χ0) is 20.6. The van der Waals surface area contributed by atoms with Gasteiger partial charge in [0, 0.05) is 0 Å². The second-order valence-electron chi connectivity index (χ2n) is 6.62. The molecule has 0 N–H and O–H groups in total. The van der Waals surface area contributed by atoms with E-state index >= 15 is 0 Å². The van der Waals surface area contributed by atoms with Gasteiger partial charge in [0.1, 0.15) is 5.92 Å². The van der Waals surface area contributed by atoms with Gasteiger partial charge in [0.05, 0.1) is 36.1 Å². The molecule has 0 aromatic heterocycles. The van der Waals surface area contributed by atoms with E-state index in [2.05, 4.69) is 4.74 Å². The number of benzene rings is 1. The van der Waals surface area contributed by atoms with E-state index in [0.29, 0.717) is 0 Å². The molecule has 5 nitrogen and oxygen atoms in total. The molecule has 0 radical (unpaired) electrons. The summed E-state index contributed by atoms with van der Waals surface area (Å²) in [4.78, 5) is 37.1. The maximum atomic E-state index is 13.2. The molecule has 1 aromatic rings. The number of alkyl halides is 3. The summed E-state index contributed by atoms with van der Waals surface area (Å²) in [5.74, 6) is -4.21. The summed E-state index contributed by atoms with van der Waals surface area (Å²) >= 11 is 5.65. The fraction of sp³-hybridized carbons (Fsp3) is 0.500. The van der Waals surface area contributed by atoms with Gasteiger partial charge in [-0.15, -0.1) is 0 Å². The fourth-order valence-corrected chi connectivity index (χ4v) is 3.72. The van der Waals surface area contributed by atoms with Gasteiger partial charge in [-0.05, 0) is 37.5 Å². The third-order valence-corrected chi connectivity index (χ3v) is 5.29. The molecule has 1 aromatic carbocycles. The molecule has 3 unspecified atom stereocenters. The minimum absolute atomic E-state index is 0.0201. The molecule has 2 rings (SSSR count). The first kappa shape index (κ1) is 21.2. The van der Waals surface area contributed by atoms with Crippen LogP contribution >= 0.6 is 11.6 Å². The minimum atomic E-state index is -4.72. The zero-order valence-corrected chi connectivity index (χ0v) is 15.6. The summed E-state index contributed by atoms with van der Waals surface area (Å²) < 4.78 is 49.0. The number of hydrogen-bond acceptors (Lipinski definition) is 5. The lowest BCUT2D eigenvalue weighted by atomic mass is 9.62. The quantitative estimate of drug-likeness (QED) is 0.567. The van der Waals surface area contributed by atoms with Gasteiger partial charge in [0.25, 0.3) is 0 Å². The van der Waals surface area contributed by atoms with Crippen molar-refractivity contribution in [1.29, 1.82) is 0 Å². The van der Waals surface area contributed by atoms with Crippen LogP contribution in [0.5, 0.6) is 0 Å². The van der Waals surface area contributed by atoms with E-state index in [1.54, 1.807) is 0 Å². The Kier molecular flexibility index (Phi) is 5.89. The van der Waals surface area contributed by atoms with Crippen LogP contribution < -0.4 is 0 Å². The van der Waals surface area contributed by atoms with Crippen LogP contribution in [-0.4, -0.2) is 31.9 Å². The number of halogens is 4. The Morgan fingerprint density at radius 2 is 1.78 bits per heavy atom. The Hall–Kier alpha value is -2.09. The maximum Gasteiger partial charge on any atom is 0.417 e. The molecule has 1 fully saturated rings. The number of rotatable bonds is 3. The van der Waals surface area contributed by atoms with Crippen molar-refractivity contribution in [3.63, 3.8) is 0 Å². The van der Waals surface area contributed by atoms with Crippen LogP contribution in [-0.2, 0) is 35.4 Å². The summed E-state index contributed by atoms with van der Waals surface area (Å²) in [5, 5.41) is -0.507. The lowest BCUT2D eigenvalue weighted by Gasteiger charge is -2.39. The summed E-state index contributed by atoms with van der Waals surface area (Å²) in [6.07, 6.45) is -4.93. The number of methoxy groups -OCH3 is 2. The molecule has 3 atom stereocenters. The first-order valence-electron chi connectivity index (χ1n) is 8.03. The van der Waals surface area contributed by atoms with Crippen molar-refractivity contribution in [2.24, 2.45) is 11.8 Å². The molecule has 1 aliphatic rings. The van der Waals surface area contributed by atoms with Crippen LogP contribution in [0.3, 0.4) is 0 Å². The number of ketones is 1. The molecule has 1 aliphatic carbocycles. The van der Waals surface area contributed by atoms with Crippen LogP contribution in [0, 0.1) is 11.8 Å². The summed E-state index contributed by atoms with van der Waals surface area (Å²) in [6.45, 7) is 1.41. The zero-order valence-electron chi connectivity index (χ0n) is 14.9. The number of carbonyl (C=O) groups excluding carboxylic acids is 3. The monoisotopic (exact) mass is 406 g/mol. The number of ether oxygens (including phenoxy) is 2. The molecule has 1 saturated carbocycles. The molecule has 148 valence electrons. The van der Waals surface area contributed by atoms with Gasteiger partial charge < -0.3 is 9.47 Å². The number of carbonyl (C=O) groups is 3. The SMILES string of the molecule is COC(=O)C1CC(C(=O)OC)C(=O)C(C)(c2ccc(Cl)c(C(F)(F)F)c2)C1. The van der Waals surface area contributed by atoms with Crippen LogP contribution in [0.15, 0.2) is 18.2 Å². The van der Waals surface area contributed by atoms with Gasteiger partial charge >= 0.3 is 18.1 Å². The van der Waals surface area contributed by atoms with E-state index in [1.165, 1.54) is 13.0 Å². The highest BCUT2D eigenvalue weighted by molar-refractivity contribution is 6.31. The van der Waals surface area contributed by atoms with Crippen LogP contribution in [0.1, 0.15) is 30.9 Å². The summed E-state index contributed by atoms with van der Waals surface area (Å²) in [6, 6.07) is 3.13. The average Bonchev–Trinajstić information content (AvgIpc) is 2.61. The third-order valence-electron chi connectivity index (χ3n) is 4.96. The lowest BCUT2D eigenvalue weighted by Crippen LogP contribution is -2.49. The molecular weight excluding hydrogens is 389 g/mol. The molecule has 0 heterocycles. The molecule has 9 heteroatoms. The Labute approximate surface area is 158 Å². The average molecular weight is 407 g/mol. The second kappa shape index (κ2) is 7.50. The van der Waals surface area contributed by atoms with Gasteiger partial charge in [0.15, 0.2) is 5.78 Å². The maximum absolute atomic E-state index is 13.2. The lowest BCUT2D eigenvalue weighted by molar-refractivity contribution is -0.158. The van der Waals surface area contributed by atoms with Crippen LogP contribution in [0.4, 0.5) is 13.2 Å². The largest absolute Gasteiger partial charge is 0.469 e. The van der Waals surface area contributed by atoms with Gasteiger partial charge in [-0.1, -0.05) is 17.7 Å². The standard InChI is InChI=1S/C18H18ClF3O5/c1-17(10-4-5-13(19)12(7-10)18(20,21)22)8-9(15(24)26-2)6-11(14(17)23)16(25)27-3/h4-5,7,9,11H,6,8H2,1-3H3. The smallest absolute Gasteiger partial charge is 0.417 e. The molecule has 0 aliphatic heterocycles. The first-order valence-corrected chi connectivity index (χ1v) is 8.40. The first-order chi connectivity index (χ1) is 12.5. The molecule has 0 spiro atoms. The van der Waals surface area contributed by atoms with Crippen molar-refractivity contribution < 1.29 is 37.0 Å². The van der Waals surface area contributed by atoms with E-state index in [-0.39, 0.29) is 18.4 Å². The van der Waals surface area contributed by atoms with Crippen molar-refractivity contribution >= 4 is 29.3 Å². The van der Waals surface area contributed by atoms with Crippen molar-refractivity contribution in [3.8, 4) is 0 Å². The Balaban J connectivity index is 2.58. The van der Waals surface area contributed by atoms with E-state index in [9.17, 15) is 27.6 Å². The molecular formula is C18H18ClF3O5. The van der Waals surface area contributed by atoms with Crippen molar-refractivity contribution in [3.05, 3.63) is 34.3 Å². The number of Topliss-reactive ketones (excluding diaryl/α,β-unsaturated/α-hetero) is 1. The van der Waals surface area contributed by atoms with Crippen molar-refractivity contribution in [1.82, 2.24) is 0 Å². The third kappa shape index (κ3) is 3.95. The Morgan fingerprint density at radius 1 is 1.19 bits per heavy atom. The van der Waals surface area contributed by atoms with Gasteiger partial charge in [0.2, 0.25) is 0 Å². The Morgan fingerprint density at radius 3 is 2.30 bits per heavy atom. The normalized spacial score (nSPS) is 25.8. The fourth-order valence-electron chi connectivity index (χ4n) is 3.49. The number of esters is 2. The Bertz CT molecular complexity index is 777. The van der Waals surface area contributed by atoms with E-state index in [1.807, 2.05) is 0 Å². The molecule has 0 amide bonds. The topological polar surface area (TPSA) is 69.7 Å². The highest BCUT2D eigenvalue weighted by atomic mass is 35.5.